The van der Waals surface area contributed by atoms with Crippen LogP contribution in [0, 0.1) is 0 Å². The summed E-state index contributed by atoms with van der Waals surface area (Å²) in [6.45, 7) is 1.50. The lowest BCUT2D eigenvalue weighted by atomic mass is 9.92. The monoisotopic (exact) mass is 267 g/mol. The number of halogens is 2. The highest BCUT2D eigenvalue weighted by Gasteiger charge is 2.34. The van der Waals surface area contributed by atoms with Crippen LogP contribution < -0.4 is 10.1 Å². The number of benzene rings is 1. The molecule has 1 aromatic carbocycles. The zero-order valence-corrected chi connectivity index (χ0v) is 10.9. The Morgan fingerprint density at radius 2 is 2.05 bits per heavy atom. The molecule has 19 heavy (non-hydrogen) atoms. The van der Waals surface area contributed by atoms with Crippen molar-refractivity contribution < 1.29 is 13.5 Å². The van der Waals surface area contributed by atoms with Crippen LogP contribution in [0.3, 0.4) is 0 Å². The summed E-state index contributed by atoms with van der Waals surface area (Å²) in [5, 5.41) is 3.38. The van der Waals surface area contributed by atoms with E-state index in [9.17, 15) is 8.78 Å². The predicted octanol–water partition coefficient (Wildman–Crippen LogP) is 3.29. The molecule has 0 radical (unpaired) electrons. The van der Waals surface area contributed by atoms with Crippen LogP contribution in [0.1, 0.15) is 36.8 Å². The highest BCUT2D eigenvalue weighted by molar-refractivity contribution is 5.40. The van der Waals surface area contributed by atoms with Crippen LogP contribution in [0.15, 0.2) is 18.2 Å². The van der Waals surface area contributed by atoms with E-state index in [0.717, 1.165) is 30.9 Å². The molecule has 1 fully saturated rings. The summed E-state index contributed by atoms with van der Waals surface area (Å²) in [5.74, 6) is -1.46. The Hall–Kier alpha value is -1.16. The smallest absolute Gasteiger partial charge is 0.248 e. The van der Waals surface area contributed by atoms with Crippen molar-refractivity contribution in [3.8, 4) is 5.75 Å². The second-order valence-electron chi connectivity index (χ2n) is 5.55. The molecule has 0 bridgehead atoms. The second-order valence-corrected chi connectivity index (χ2v) is 5.55. The third-order valence-corrected chi connectivity index (χ3v) is 4.07. The number of nitrogens with one attached hydrogen (secondary N) is 1. The average molecular weight is 267 g/mol. The van der Waals surface area contributed by atoms with Crippen LogP contribution in [-0.2, 0) is 13.0 Å². The molecule has 0 spiro atoms. The molecule has 0 atom stereocenters. The summed E-state index contributed by atoms with van der Waals surface area (Å²) in [6, 6.07) is 6.48. The summed E-state index contributed by atoms with van der Waals surface area (Å²) >= 11 is 0. The second kappa shape index (κ2) is 5.08. The first-order valence-electron chi connectivity index (χ1n) is 6.98. The molecular weight excluding hydrogens is 248 g/mol. The van der Waals surface area contributed by atoms with Gasteiger partial charge in [-0.25, -0.2) is 8.78 Å². The van der Waals surface area contributed by atoms with E-state index in [1.54, 1.807) is 0 Å². The Labute approximate surface area is 112 Å². The van der Waals surface area contributed by atoms with Gasteiger partial charge in [-0.3, -0.25) is 0 Å². The summed E-state index contributed by atoms with van der Waals surface area (Å²) in [5.41, 5.74) is 2.43. The summed E-state index contributed by atoms with van der Waals surface area (Å²) in [6.07, 6.45) is 2.14. The van der Waals surface area contributed by atoms with Crippen molar-refractivity contribution >= 4 is 0 Å². The minimum atomic E-state index is -2.44. The normalized spacial score (nSPS) is 22.0. The van der Waals surface area contributed by atoms with Crippen LogP contribution in [0.4, 0.5) is 8.78 Å². The van der Waals surface area contributed by atoms with Gasteiger partial charge in [0, 0.05) is 31.8 Å². The van der Waals surface area contributed by atoms with Crippen molar-refractivity contribution in [3.63, 3.8) is 0 Å². The lowest BCUT2D eigenvalue weighted by Crippen LogP contribution is -2.36. The van der Waals surface area contributed by atoms with Crippen LogP contribution in [0.25, 0.3) is 0 Å². The first kappa shape index (κ1) is 12.9. The quantitative estimate of drug-likeness (QED) is 0.907. The van der Waals surface area contributed by atoms with Gasteiger partial charge in [0.25, 0.3) is 0 Å². The molecule has 1 N–H and O–H groups in total. The van der Waals surface area contributed by atoms with E-state index >= 15 is 0 Å². The number of hydrogen-bond acceptors (Lipinski definition) is 2. The van der Waals surface area contributed by atoms with E-state index in [2.05, 4.69) is 23.5 Å². The molecule has 1 aliphatic carbocycles. The predicted molar refractivity (Wildman–Crippen MR) is 69.7 cm³/mol. The minimum absolute atomic E-state index is 0.0119. The summed E-state index contributed by atoms with van der Waals surface area (Å²) in [4.78, 5) is 0. The van der Waals surface area contributed by atoms with Gasteiger partial charge >= 0.3 is 0 Å². The Morgan fingerprint density at radius 3 is 2.84 bits per heavy atom. The first-order valence-corrected chi connectivity index (χ1v) is 6.98. The number of alkyl halides is 2. The molecule has 0 unspecified atom stereocenters. The topological polar surface area (TPSA) is 21.3 Å². The highest BCUT2D eigenvalue weighted by Crippen LogP contribution is 2.33. The lowest BCUT2D eigenvalue weighted by Gasteiger charge is -2.29. The highest BCUT2D eigenvalue weighted by atomic mass is 19.3. The van der Waals surface area contributed by atoms with Gasteiger partial charge in [0.1, 0.15) is 5.75 Å². The van der Waals surface area contributed by atoms with Crippen LogP contribution in [-0.4, -0.2) is 18.6 Å². The largest absolute Gasteiger partial charge is 0.493 e. The Bertz CT molecular complexity index is 451. The van der Waals surface area contributed by atoms with E-state index in [1.807, 2.05) is 0 Å². The van der Waals surface area contributed by atoms with Gasteiger partial charge in [0.2, 0.25) is 5.92 Å². The third-order valence-electron chi connectivity index (χ3n) is 4.07. The summed E-state index contributed by atoms with van der Waals surface area (Å²) in [7, 11) is 0. The van der Waals surface area contributed by atoms with Crippen molar-refractivity contribution in [1.29, 1.82) is 0 Å². The van der Waals surface area contributed by atoms with Gasteiger partial charge in [-0.2, -0.15) is 0 Å². The molecular formula is C15H19F2NO. The van der Waals surface area contributed by atoms with Gasteiger partial charge in [-0.05, 0) is 30.0 Å². The molecule has 0 saturated heterocycles. The molecule has 104 valence electrons. The third kappa shape index (κ3) is 3.06. The van der Waals surface area contributed by atoms with E-state index in [-0.39, 0.29) is 18.9 Å². The van der Waals surface area contributed by atoms with Crippen LogP contribution in [0.2, 0.25) is 0 Å². The lowest BCUT2D eigenvalue weighted by molar-refractivity contribution is -0.0405. The number of rotatable bonds is 3. The van der Waals surface area contributed by atoms with Crippen molar-refractivity contribution in [2.45, 2.75) is 50.6 Å². The van der Waals surface area contributed by atoms with Crippen molar-refractivity contribution in [3.05, 3.63) is 29.3 Å². The maximum absolute atomic E-state index is 13.0. The number of ether oxygens (including phenoxy) is 1. The fourth-order valence-electron chi connectivity index (χ4n) is 2.83. The van der Waals surface area contributed by atoms with Crippen LogP contribution >= 0.6 is 0 Å². The minimum Gasteiger partial charge on any atom is -0.493 e. The maximum Gasteiger partial charge on any atom is 0.248 e. The van der Waals surface area contributed by atoms with Crippen molar-refractivity contribution in [2.24, 2.45) is 0 Å². The van der Waals surface area contributed by atoms with Gasteiger partial charge in [0.15, 0.2) is 0 Å². The fraction of sp³-hybridized carbons (Fsp3) is 0.600. The molecule has 1 heterocycles. The SMILES string of the molecule is FC1(F)CCC(NCc2ccc3c(c2)OCC3)CC1. The molecule has 3 rings (SSSR count). The van der Waals surface area contributed by atoms with Gasteiger partial charge in [0.05, 0.1) is 6.61 Å². The van der Waals surface area contributed by atoms with Gasteiger partial charge in [-0.1, -0.05) is 12.1 Å². The standard InChI is InChI=1S/C15H19F2NO/c16-15(17)6-3-13(4-7-15)18-10-11-1-2-12-5-8-19-14(12)9-11/h1-2,9,13,18H,3-8,10H2. The van der Waals surface area contributed by atoms with Crippen molar-refractivity contribution in [2.75, 3.05) is 6.61 Å². The molecule has 1 aliphatic heterocycles. The average Bonchev–Trinajstić information content (AvgIpc) is 2.85. The number of hydrogen-bond donors (Lipinski definition) is 1. The van der Waals surface area contributed by atoms with Crippen LogP contribution in [0.5, 0.6) is 5.75 Å². The molecule has 2 nitrogen and oxygen atoms in total. The van der Waals surface area contributed by atoms with Gasteiger partial charge < -0.3 is 10.1 Å². The Morgan fingerprint density at radius 1 is 1.26 bits per heavy atom. The molecule has 2 aliphatic rings. The molecule has 4 heteroatoms. The zero-order valence-electron chi connectivity index (χ0n) is 10.9. The molecule has 1 saturated carbocycles. The fourth-order valence-corrected chi connectivity index (χ4v) is 2.83. The number of fused-ring (bicyclic) bond motifs is 1. The van der Waals surface area contributed by atoms with Gasteiger partial charge in [-0.15, -0.1) is 0 Å². The zero-order chi connectivity index (χ0) is 13.3. The molecule has 1 aromatic rings. The van der Waals surface area contributed by atoms with E-state index < -0.39 is 5.92 Å². The Kier molecular flexibility index (Phi) is 3.44. The van der Waals surface area contributed by atoms with Crippen molar-refractivity contribution in [1.82, 2.24) is 5.32 Å². The van der Waals surface area contributed by atoms with E-state index in [1.165, 1.54) is 5.56 Å². The summed E-state index contributed by atoms with van der Waals surface area (Å²) < 4.78 is 31.6. The van der Waals surface area contributed by atoms with E-state index in [4.69, 9.17) is 4.74 Å². The Balaban J connectivity index is 1.53. The first-order chi connectivity index (χ1) is 9.12. The molecule has 0 aromatic heterocycles. The maximum atomic E-state index is 13.0. The van der Waals surface area contributed by atoms with E-state index in [0.29, 0.717) is 12.8 Å². The molecule has 0 amide bonds.